The van der Waals surface area contributed by atoms with E-state index in [1.807, 2.05) is 66.7 Å². The first kappa shape index (κ1) is 21.7. The lowest BCUT2D eigenvalue weighted by molar-refractivity contribution is -0.140. The first-order valence-electron chi connectivity index (χ1n) is 10.3. The molecule has 3 aromatic carbocycles. The van der Waals surface area contributed by atoms with Crippen LogP contribution in [0.15, 0.2) is 96.1 Å². The Bertz CT molecular complexity index is 1150. The van der Waals surface area contributed by atoms with E-state index in [4.69, 9.17) is 0 Å². The molecule has 0 spiro atoms. The van der Waals surface area contributed by atoms with Crippen LogP contribution >= 0.6 is 7.29 Å². The first-order chi connectivity index (χ1) is 15.4. The van der Waals surface area contributed by atoms with Crippen molar-refractivity contribution in [2.75, 3.05) is 7.05 Å². The Balaban J connectivity index is 1.72. The molecule has 1 fully saturated rings. The molecule has 0 aromatic heterocycles. The number of hydrazone groups is 1. The van der Waals surface area contributed by atoms with Gasteiger partial charge in [0.2, 0.25) is 13.1 Å². The van der Waals surface area contributed by atoms with Crippen LogP contribution in [0, 0.1) is 5.92 Å². The summed E-state index contributed by atoms with van der Waals surface area (Å²) in [5.74, 6) is -1.83. The SMILES string of the molecule is C/C(=N\NP(=O)(c1ccccc1)c1ccccc1)C1C(=O)C(=O)N(C)C1c1ccccc1. The molecular formula is C25H24N3O3P. The third-order valence-electron chi connectivity index (χ3n) is 5.74. The van der Waals surface area contributed by atoms with Gasteiger partial charge in [-0.1, -0.05) is 66.7 Å². The van der Waals surface area contributed by atoms with Gasteiger partial charge in [-0.05, 0) is 36.8 Å². The highest BCUT2D eigenvalue weighted by molar-refractivity contribution is 7.76. The lowest BCUT2D eigenvalue weighted by Gasteiger charge is -2.25. The molecule has 1 heterocycles. The second-order valence-electron chi connectivity index (χ2n) is 7.75. The van der Waals surface area contributed by atoms with Crippen molar-refractivity contribution in [1.82, 2.24) is 10.1 Å². The number of likely N-dealkylation sites (N-methyl/N-ethyl adjacent to an activating group) is 1. The maximum absolute atomic E-state index is 14.1. The fraction of sp³-hybridized carbons (Fsp3) is 0.160. The minimum atomic E-state index is -3.31. The minimum absolute atomic E-state index is 0.411. The van der Waals surface area contributed by atoms with Gasteiger partial charge in [-0.3, -0.25) is 19.4 Å². The molecule has 1 saturated heterocycles. The van der Waals surface area contributed by atoms with Gasteiger partial charge in [0.05, 0.1) is 12.0 Å². The zero-order valence-corrected chi connectivity index (χ0v) is 18.8. The van der Waals surface area contributed by atoms with E-state index in [1.165, 1.54) is 4.90 Å². The predicted molar refractivity (Wildman–Crippen MR) is 126 cm³/mol. The van der Waals surface area contributed by atoms with Crippen LogP contribution in [-0.4, -0.2) is 29.3 Å². The summed E-state index contributed by atoms with van der Waals surface area (Å²) in [6.07, 6.45) is 0. The molecule has 1 amide bonds. The predicted octanol–water partition coefficient (Wildman–Crippen LogP) is 3.28. The second-order valence-corrected chi connectivity index (χ2v) is 10.2. The van der Waals surface area contributed by atoms with Crippen LogP contribution in [0.25, 0.3) is 0 Å². The number of nitrogens with zero attached hydrogens (tertiary/aromatic N) is 2. The van der Waals surface area contributed by atoms with Crippen molar-refractivity contribution >= 4 is 35.3 Å². The van der Waals surface area contributed by atoms with Crippen LogP contribution in [-0.2, 0) is 14.2 Å². The normalized spacial score (nSPS) is 19.3. The molecule has 162 valence electrons. The Hall–Kier alpha value is -3.50. The Morgan fingerprint density at radius 1 is 0.844 bits per heavy atom. The minimum Gasteiger partial charge on any atom is -0.331 e. The van der Waals surface area contributed by atoms with E-state index in [9.17, 15) is 14.2 Å². The molecule has 2 unspecified atom stereocenters. The topological polar surface area (TPSA) is 78.8 Å². The maximum atomic E-state index is 14.1. The summed E-state index contributed by atoms with van der Waals surface area (Å²) in [6, 6.07) is 27.1. The Labute approximate surface area is 187 Å². The Morgan fingerprint density at radius 3 is 1.81 bits per heavy atom. The standard InChI is InChI=1S/C25H24N3O3P/c1-18(22-23(19-12-6-3-7-13-19)28(2)25(30)24(22)29)26-27-32(31,20-14-8-4-9-15-20)21-16-10-5-11-17-21/h3-17,22-23H,1-2H3,(H,27,31)/b26-18+. The highest BCUT2D eigenvalue weighted by Crippen LogP contribution is 2.40. The average molecular weight is 445 g/mol. The van der Waals surface area contributed by atoms with Crippen molar-refractivity contribution in [2.24, 2.45) is 11.0 Å². The molecule has 0 bridgehead atoms. The quantitative estimate of drug-likeness (QED) is 0.273. The van der Waals surface area contributed by atoms with Crippen molar-refractivity contribution < 1.29 is 14.2 Å². The van der Waals surface area contributed by atoms with Crippen LogP contribution in [0.2, 0.25) is 0 Å². The molecule has 32 heavy (non-hydrogen) atoms. The van der Waals surface area contributed by atoms with Gasteiger partial charge in [0.25, 0.3) is 5.91 Å². The van der Waals surface area contributed by atoms with Crippen LogP contribution < -0.4 is 15.8 Å². The molecule has 0 radical (unpaired) electrons. The molecule has 1 aliphatic heterocycles. The third kappa shape index (κ3) is 3.90. The van der Waals surface area contributed by atoms with E-state index < -0.39 is 30.9 Å². The number of rotatable bonds is 6. The van der Waals surface area contributed by atoms with Crippen molar-refractivity contribution in [3.05, 3.63) is 96.6 Å². The van der Waals surface area contributed by atoms with Gasteiger partial charge in [0.1, 0.15) is 0 Å². The zero-order chi connectivity index (χ0) is 22.7. The van der Waals surface area contributed by atoms with E-state index in [-0.39, 0.29) is 0 Å². The number of benzene rings is 3. The van der Waals surface area contributed by atoms with E-state index >= 15 is 0 Å². The number of carbonyl (C=O) groups excluding carboxylic acids is 2. The van der Waals surface area contributed by atoms with E-state index in [2.05, 4.69) is 10.3 Å². The molecule has 4 rings (SSSR count). The summed E-state index contributed by atoms with van der Waals surface area (Å²) in [6.45, 7) is 1.69. The van der Waals surface area contributed by atoms with Crippen LogP contribution in [0.1, 0.15) is 18.5 Å². The molecule has 6 nitrogen and oxygen atoms in total. The lowest BCUT2D eigenvalue weighted by Crippen LogP contribution is -2.29. The van der Waals surface area contributed by atoms with Crippen molar-refractivity contribution in [1.29, 1.82) is 0 Å². The third-order valence-corrected chi connectivity index (χ3v) is 8.18. The fourth-order valence-corrected chi connectivity index (χ4v) is 6.06. The van der Waals surface area contributed by atoms with Gasteiger partial charge >= 0.3 is 0 Å². The van der Waals surface area contributed by atoms with Crippen molar-refractivity contribution in [2.45, 2.75) is 13.0 Å². The summed E-state index contributed by atoms with van der Waals surface area (Å²) in [5, 5.41) is 8.53. The average Bonchev–Trinajstić information content (AvgIpc) is 3.08. The van der Waals surface area contributed by atoms with E-state index in [0.717, 1.165) is 5.56 Å². The monoisotopic (exact) mass is 445 g/mol. The van der Waals surface area contributed by atoms with Crippen LogP contribution in [0.4, 0.5) is 0 Å². The number of ketones is 1. The van der Waals surface area contributed by atoms with Crippen molar-refractivity contribution in [3.8, 4) is 0 Å². The summed E-state index contributed by atoms with van der Waals surface area (Å²) in [4.78, 5) is 26.8. The number of likely N-dealkylation sites (tertiary alicyclic amines) is 1. The van der Waals surface area contributed by atoms with Gasteiger partial charge < -0.3 is 4.90 Å². The Morgan fingerprint density at radius 2 is 1.31 bits per heavy atom. The Kier molecular flexibility index (Phi) is 6.06. The smallest absolute Gasteiger partial charge is 0.291 e. The van der Waals surface area contributed by atoms with E-state index in [1.54, 1.807) is 38.2 Å². The summed E-state index contributed by atoms with van der Waals surface area (Å²) < 4.78 is 14.1. The summed E-state index contributed by atoms with van der Waals surface area (Å²) in [5.41, 5.74) is 1.26. The molecular weight excluding hydrogens is 421 g/mol. The van der Waals surface area contributed by atoms with Crippen LogP contribution in [0.3, 0.4) is 0 Å². The number of hydrogen-bond acceptors (Lipinski definition) is 4. The highest BCUT2D eigenvalue weighted by atomic mass is 31.2. The fourth-order valence-electron chi connectivity index (χ4n) is 4.04. The molecule has 1 aliphatic rings. The van der Waals surface area contributed by atoms with Gasteiger partial charge in [0, 0.05) is 23.4 Å². The molecule has 2 atom stereocenters. The number of hydrogen-bond donors (Lipinski definition) is 1. The summed E-state index contributed by atoms with van der Waals surface area (Å²) >= 11 is 0. The molecule has 0 saturated carbocycles. The number of carbonyl (C=O) groups is 2. The van der Waals surface area contributed by atoms with Gasteiger partial charge in [0.15, 0.2) is 0 Å². The summed E-state index contributed by atoms with van der Waals surface area (Å²) in [7, 11) is -1.69. The molecule has 3 aromatic rings. The number of Topliss-reactive ketones (excluding diaryl/α,β-unsaturated/α-hetero) is 1. The van der Waals surface area contributed by atoms with Gasteiger partial charge in [-0.2, -0.15) is 5.10 Å². The highest BCUT2D eigenvalue weighted by Gasteiger charge is 2.47. The lowest BCUT2D eigenvalue weighted by atomic mass is 9.89. The molecule has 0 aliphatic carbocycles. The maximum Gasteiger partial charge on any atom is 0.291 e. The van der Waals surface area contributed by atoms with Gasteiger partial charge in [-0.15, -0.1) is 0 Å². The number of amides is 1. The zero-order valence-electron chi connectivity index (χ0n) is 17.9. The van der Waals surface area contributed by atoms with Crippen LogP contribution in [0.5, 0.6) is 0 Å². The molecule has 1 N–H and O–H groups in total. The van der Waals surface area contributed by atoms with E-state index in [0.29, 0.717) is 16.3 Å². The largest absolute Gasteiger partial charge is 0.331 e. The van der Waals surface area contributed by atoms with Gasteiger partial charge in [-0.25, -0.2) is 0 Å². The van der Waals surface area contributed by atoms with Crippen molar-refractivity contribution in [3.63, 3.8) is 0 Å². The number of nitrogens with one attached hydrogen (secondary N) is 1. The first-order valence-corrected chi connectivity index (χ1v) is 12.0. The molecule has 7 heteroatoms. The second kappa shape index (κ2) is 8.93.